The van der Waals surface area contributed by atoms with Gasteiger partial charge in [-0.25, -0.2) is 9.78 Å². The summed E-state index contributed by atoms with van der Waals surface area (Å²) in [5.74, 6) is 1.78. The molecule has 1 saturated carbocycles. The Hall–Kier alpha value is -0.0800. The summed E-state index contributed by atoms with van der Waals surface area (Å²) in [6.45, 7) is 5.71. The minimum atomic E-state index is 0.653. The third-order valence-electron chi connectivity index (χ3n) is 2.81. The fourth-order valence-electron chi connectivity index (χ4n) is 1.99. The quantitative estimate of drug-likeness (QED) is 0.360. The molecule has 2 heteroatoms. The summed E-state index contributed by atoms with van der Waals surface area (Å²) < 4.78 is 0. The van der Waals surface area contributed by atoms with Crippen molar-refractivity contribution in [2.24, 2.45) is 11.8 Å². The Morgan fingerprint density at radius 3 is 2.67 bits per heavy atom. The van der Waals surface area contributed by atoms with Crippen LogP contribution < -0.4 is 0 Å². The van der Waals surface area contributed by atoms with Gasteiger partial charge in [0.25, 0.3) is 0 Å². The van der Waals surface area contributed by atoms with Crippen LogP contribution in [0.1, 0.15) is 39.5 Å². The first kappa shape index (κ1) is 10.0. The van der Waals surface area contributed by atoms with Crippen LogP contribution in [0.3, 0.4) is 0 Å². The molecule has 0 bridgehead atoms. The van der Waals surface area contributed by atoms with Crippen LogP contribution in [0, 0.1) is 11.8 Å². The first-order valence-electron chi connectivity index (χ1n) is 5.09. The Morgan fingerprint density at radius 2 is 2.08 bits per heavy atom. The summed E-state index contributed by atoms with van der Waals surface area (Å²) in [5.41, 5.74) is 0. The molecule has 1 rings (SSSR count). The van der Waals surface area contributed by atoms with Gasteiger partial charge in [0.1, 0.15) is 0 Å². The van der Waals surface area contributed by atoms with E-state index >= 15 is 0 Å². The minimum Gasteiger partial charge on any atom is -0.237 e. The lowest BCUT2D eigenvalue weighted by Crippen LogP contribution is -2.08. The average molecular weight is 172 g/mol. The Balaban J connectivity index is 1.98. The van der Waals surface area contributed by atoms with Gasteiger partial charge in [-0.15, -0.1) is 0 Å². The lowest BCUT2D eigenvalue weighted by Gasteiger charge is -2.13. The van der Waals surface area contributed by atoms with Gasteiger partial charge in [0.2, 0.25) is 0 Å². The minimum absolute atomic E-state index is 0.653. The topological polar surface area (TPSA) is 18.5 Å². The highest BCUT2D eigenvalue weighted by Gasteiger charge is 2.22. The van der Waals surface area contributed by atoms with Crippen molar-refractivity contribution < 1.29 is 9.78 Å². The summed E-state index contributed by atoms with van der Waals surface area (Å²) in [6.07, 6.45) is 5.36. The molecular formula is C10H20O2. The van der Waals surface area contributed by atoms with Crippen LogP contribution in [-0.4, -0.2) is 13.2 Å². The van der Waals surface area contributed by atoms with Gasteiger partial charge in [0, 0.05) is 0 Å². The molecule has 12 heavy (non-hydrogen) atoms. The zero-order chi connectivity index (χ0) is 8.81. The molecule has 2 unspecified atom stereocenters. The van der Waals surface area contributed by atoms with Crippen LogP contribution in [-0.2, 0) is 9.78 Å². The average Bonchev–Trinajstić information content (AvgIpc) is 2.46. The Kier molecular flexibility index (Phi) is 4.62. The zero-order valence-electron chi connectivity index (χ0n) is 8.21. The van der Waals surface area contributed by atoms with Crippen molar-refractivity contribution in [3.63, 3.8) is 0 Å². The van der Waals surface area contributed by atoms with Crippen LogP contribution in [0.4, 0.5) is 0 Å². The molecule has 0 aliphatic heterocycles. The summed E-state index contributed by atoms with van der Waals surface area (Å²) in [4.78, 5) is 9.82. The standard InChI is InChI=1S/C10H20O2/c1-3-11-12-8-7-10-6-4-5-9(10)2/h9-10H,3-8H2,1-2H3. The second kappa shape index (κ2) is 5.55. The van der Waals surface area contributed by atoms with Crippen LogP contribution in [0.5, 0.6) is 0 Å². The van der Waals surface area contributed by atoms with E-state index in [4.69, 9.17) is 9.78 Å². The van der Waals surface area contributed by atoms with Gasteiger partial charge in [-0.05, 0) is 25.2 Å². The van der Waals surface area contributed by atoms with Crippen LogP contribution in [0.25, 0.3) is 0 Å². The number of hydrogen-bond acceptors (Lipinski definition) is 2. The summed E-state index contributed by atoms with van der Waals surface area (Å²) in [7, 11) is 0. The lowest BCUT2D eigenvalue weighted by atomic mass is 9.95. The Labute approximate surface area is 75.2 Å². The molecule has 0 aromatic carbocycles. The Morgan fingerprint density at radius 1 is 1.25 bits per heavy atom. The molecule has 0 aromatic rings. The van der Waals surface area contributed by atoms with E-state index in [0.29, 0.717) is 6.61 Å². The molecule has 1 fully saturated rings. The maximum Gasteiger partial charge on any atom is 0.0825 e. The van der Waals surface area contributed by atoms with Gasteiger partial charge in [-0.3, -0.25) is 0 Å². The number of hydrogen-bond donors (Lipinski definition) is 0. The molecule has 0 heterocycles. The largest absolute Gasteiger partial charge is 0.237 e. The van der Waals surface area contributed by atoms with Crippen LogP contribution >= 0.6 is 0 Å². The third kappa shape index (κ3) is 3.11. The van der Waals surface area contributed by atoms with Crippen molar-refractivity contribution in [1.29, 1.82) is 0 Å². The molecule has 72 valence electrons. The molecule has 0 spiro atoms. The van der Waals surface area contributed by atoms with Gasteiger partial charge >= 0.3 is 0 Å². The van der Waals surface area contributed by atoms with E-state index in [1.54, 1.807) is 0 Å². The van der Waals surface area contributed by atoms with E-state index in [2.05, 4.69) is 6.92 Å². The smallest absolute Gasteiger partial charge is 0.0825 e. The second-order valence-electron chi connectivity index (χ2n) is 3.69. The van der Waals surface area contributed by atoms with E-state index in [1.165, 1.54) is 25.7 Å². The van der Waals surface area contributed by atoms with Crippen molar-refractivity contribution in [2.45, 2.75) is 39.5 Å². The van der Waals surface area contributed by atoms with Crippen LogP contribution in [0.15, 0.2) is 0 Å². The van der Waals surface area contributed by atoms with Gasteiger partial charge in [-0.1, -0.05) is 26.2 Å². The fourth-order valence-corrected chi connectivity index (χ4v) is 1.99. The predicted octanol–water partition coefficient (Wildman–Crippen LogP) is 2.78. The fraction of sp³-hybridized carbons (Fsp3) is 1.00. The van der Waals surface area contributed by atoms with E-state index in [9.17, 15) is 0 Å². The van der Waals surface area contributed by atoms with E-state index in [1.807, 2.05) is 6.92 Å². The second-order valence-corrected chi connectivity index (χ2v) is 3.69. The molecular weight excluding hydrogens is 152 g/mol. The highest BCUT2D eigenvalue weighted by atomic mass is 17.2. The van der Waals surface area contributed by atoms with Gasteiger partial charge in [0.05, 0.1) is 13.2 Å². The normalized spacial score (nSPS) is 29.5. The first-order valence-corrected chi connectivity index (χ1v) is 5.09. The molecule has 1 aliphatic rings. The summed E-state index contributed by atoms with van der Waals surface area (Å²) in [5, 5.41) is 0. The Bertz CT molecular complexity index is 114. The molecule has 0 aromatic heterocycles. The monoisotopic (exact) mass is 172 g/mol. The molecule has 0 N–H and O–H groups in total. The molecule has 0 amide bonds. The van der Waals surface area contributed by atoms with E-state index in [-0.39, 0.29) is 0 Å². The van der Waals surface area contributed by atoms with Gasteiger partial charge in [0.15, 0.2) is 0 Å². The summed E-state index contributed by atoms with van der Waals surface area (Å²) in [6, 6.07) is 0. The SMILES string of the molecule is CCOOCCC1CCCC1C. The van der Waals surface area contributed by atoms with Crippen molar-refractivity contribution >= 4 is 0 Å². The van der Waals surface area contributed by atoms with Gasteiger partial charge < -0.3 is 0 Å². The lowest BCUT2D eigenvalue weighted by molar-refractivity contribution is -0.292. The van der Waals surface area contributed by atoms with E-state index < -0.39 is 0 Å². The molecule has 1 aliphatic carbocycles. The molecule has 0 saturated heterocycles. The van der Waals surface area contributed by atoms with Crippen molar-refractivity contribution in [3.05, 3.63) is 0 Å². The van der Waals surface area contributed by atoms with Crippen molar-refractivity contribution in [1.82, 2.24) is 0 Å². The van der Waals surface area contributed by atoms with E-state index in [0.717, 1.165) is 18.4 Å². The molecule has 2 nitrogen and oxygen atoms in total. The number of rotatable bonds is 5. The first-order chi connectivity index (χ1) is 5.84. The molecule has 2 atom stereocenters. The third-order valence-corrected chi connectivity index (χ3v) is 2.81. The maximum absolute atomic E-state index is 4.99. The summed E-state index contributed by atoms with van der Waals surface area (Å²) >= 11 is 0. The predicted molar refractivity (Wildman–Crippen MR) is 48.7 cm³/mol. The molecule has 0 radical (unpaired) electrons. The zero-order valence-corrected chi connectivity index (χ0v) is 8.21. The highest BCUT2D eigenvalue weighted by Crippen LogP contribution is 2.33. The van der Waals surface area contributed by atoms with Gasteiger partial charge in [-0.2, -0.15) is 0 Å². The van der Waals surface area contributed by atoms with Crippen LogP contribution in [0.2, 0.25) is 0 Å². The van der Waals surface area contributed by atoms with Crippen molar-refractivity contribution in [3.8, 4) is 0 Å². The van der Waals surface area contributed by atoms with Crippen molar-refractivity contribution in [2.75, 3.05) is 13.2 Å². The maximum atomic E-state index is 4.99. The highest BCUT2D eigenvalue weighted by molar-refractivity contribution is 4.73.